The molecule has 0 spiro atoms. The first kappa shape index (κ1) is 23.0. The first-order valence-corrected chi connectivity index (χ1v) is 10.1. The summed E-state index contributed by atoms with van der Waals surface area (Å²) in [6.07, 6.45) is -2.36. The van der Waals surface area contributed by atoms with E-state index < -0.39 is 24.5 Å². The number of nitrogens with zero attached hydrogens (tertiary/aromatic N) is 1. The van der Waals surface area contributed by atoms with E-state index in [1.807, 2.05) is 0 Å². The van der Waals surface area contributed by atoms with Crippen molar-refractivity contribution < 1.29 is 22.8 Å². The van der Waals surface area contributed by atoms with Gasteiger partial charge in [0, 0.05) is 42.2 Å². The van der Waals surface area contributed by atoms with Crippen LogP contribution in [0.15, 0.2) is 30.5 Å². The SMILES string of the molecule is CC(C)C(=O)NCc1ccc(Cl)c(C2NC(=O)CC(c3ccc(C(F)F)nc3)N2)c1F. The Hall–Kier alpha value is -2.65. The van der Waals surface area contributed by atoms with Gasteiger partial charge in [-0.15, -0.1) is 0 Å². The number of carbonyl (C=O) groups is 2. The Morgan fingerprint density at radius 3 is 2.65 bits per heavy atom. The van der Waals surface area contributed by atoms with Gasteiger partial charge in [0.05, 0.1) is 5.02 Å². The van der Waals surface area contributed by atoms with Gasteiger partial charge < -0.3 is 10.6 Å². The summed E-state index contributed by atoms with van der Waals surface area (Å²) in [5.41, 5.74) is 0.398. The Bertz CT molecular complexity index is 970. The molecule has 0 saturated carbocycles. The fraction of sp³-hybridized carbons (Fsp3) is 0.381. The molecule has 2 unspecified atom stereocenters. The summed E-state index contributed by atoms with van der Waals surface area (Å²) in [5, 5.41) is 8.48. The predicted molar refractivity (Wildman–Crippen MR) is 109 cm³/mol. The number of hydrogen-bond donors (Lipinski definition) is 3. The van der Waals surface area contributed by atoms with Gasteiger partial charge in [0.2, 0.25) is 11.8 Å². The minimum absolute atomic E-state index is 0.0234. The van der Waals surface area contributed by atoms with Gasteiger partial charge in [-0.1, -0.05) is 37.6 Å². The fourth-order valence-corrected chi connectivity index (χ4v) is 3.49. The molecule has 1 aromatic heterocycles. The molecule has 0 aliphatic carbocycles. The Labute approximate surface area is 182 Å². The van der Waals surface area contributed by atoms with Crippen LogP contribution in [-0.2, 0) is 16.1 Å². The van der Waals surface area contributed by atoms with Gasteiger partial charge in [0.25, 0.3) is 6.43 Å². The summed E-state index contributed by atoms with van der Waals surface area (Å²) in [4.78, 5) is 27.8. The number of pyridine rings is 1. The van der Waals surface area contributed by atoms with Crippen molar-refractivity contribution in [3.63, 3.8) is 0 Å². The number of nitrogens with one attached hydrogen (secondary N) is 3. The van der Waals surface area contributed by atoms with Crippen molar-refractivity contribution in [2.75, 3.05) is 0 Å². The number of hydrogen-bond acceptors (Lipinski definition) is 4. The van der Waals surface area contributed by atoms with Crippen LogP contribution in [0.2, 0.25) is 5.02 Å². The van der Waals surface area contributed by atoms with Gasteiger partial charge in [-0.05, 0) is 17.7 Å². The molecule has 1 fully saturated rings. The Kier molecular flexibility index (Phi) is 7.17. The van der Waals surface area contributed by atoms with Crippen molar-refractivity contribution in [3.8, 4) is 0 Å². The van der Waals surface area contributed by atoms with Crippen molar-refractivity contribution in [2.45, 2.75) is 45.4 Å². The summed E-state index contributed by atoms with van der Waals surface area (Å²) in [6, 6.07) is 5.04. The zero-order valence-corrected chi connectivity index (χ0v) is 17.6. The molecule has 2 atom stereocenters. The Morgan fingerprint density at radius 1 is 1.29 bits per heavy atom. The first-order chi connectivity index (χ1) is 14.7. The van der Waals surface area contributed by atoms with E-state index in [2.05, 4.69) is 20.9 Å². The van der Waals surface area contributed by atoms with Crippen LogP contribution in [0.5, 0.6) is 0 Å². The number of amides is 2. The van der Waals surface area contributed by atoms with Gasteiger partial charge in [0.15, 0.2) is 0 Å². The largest absolute Gasteiger partial charge is 0.352 e. The zero-order chi connectivity index (χ0) is 22.7. The summed E-state index contributed by atoms with van der Waals surface area (Å²) >= 11 is 6.23. The molecule has 0 bridgehead atoms. The number of alkyl halides is 2. The van der Waals surface area contributed by atoms with E-state index in [9.17, 15) is 18.4 Å². The maximum Gasteiger partial charge on any atom is 0.280 e. The van der Waals surface area contributed by atoms with Crippen LogP contribution < -0.4 is 16.0 Å². The van der Waals surface area contributed by atoms with Crippen molar-refractivity contribution in [1.82, 2.24) is 20.9 Å². The molecule has 0 radical (unpaired) electrons. The van der Waals surface area contributed by atoms with E-state index in [-0.39, 0.29) is 52.5 Å². The van der Waals surface area contributed by atoms with E-state index >= 15 is 4.39 Å². The van der Waals surface area contributed by atoms with Crippen molar-refractivity contribution in [2.24, 2.45) is 5.92 Å². The van der Waals surface area contributed by atoms with Crippen LogP contribution in [0, 0.1) is 11.7 Å². The maximum atomic E-state index is 15.2. The molecule has 2 heterocycles. The van der Waals surface area contributed by atoms with Crippen LogP contribution in [0.3, 0.4) is 0 Å². The van der Waals surface area contributed by atoms with Crippen molar-refractivity contribution in [3.05, 3.63) is 63.7 Å². The van der Waals surface area contributed by atoms with Crippen LogP contribution in [-0.4, -0.2) is 16.8 Å². The van der Waals surface area contributed by atoms with Crippen LogP contribution in [0.4, 0.5) is 13.2 Å². The molecule has 10 heteroatoms. The lowest BCUT2D eigenvalue weighted by molar-refractivity contribution is -0.125. The van der Waals surface area contributed by atoms with Gasteiger partial charge >= 0.3 is 0 Å². The lowest BCUT2D eigenvalue weighted by Gasteiger charge is -2.33. The first-order valence-electron chi connectivity index (χ1n) is 9.71. The number of benzene rings is 1. The van der Waals surface area contributed by atoms with Gasteiger partial charge in [0.1, 0.15) is 17.7 Å². The van der Waals surface area contributed by atoms with E-state index in [1.165, 1.54) is 30.5 Å². The highest BCUT2D eigenvalue weighted by Crippen LogP contribution is 2.32. The highest BCUT2D eigenvalue weighted by molar-refractivity contribution is 6.31. The Morgan fingerprint density at radius 2 is 2.03 bits per heavy atom. The van der Waals surface area contributed by atoms with Gasteiger partial charge in [-0.3, -0.25) is 19.9 Å². The number of rotatable bonds is 6. The normalized spacial score (nSPS) is 18.9. The summed E-state index contributed by atoms with van der Waals surface area (Å²) in [6.45, 7) is 3.42. The monoisotopic (exact) mass is 454 g/mol. The molecule has 31 heavy (non-hydrogen) atoms. The second-order valence-electron chi connectivity index (χ2n) is 7.55. The molecule has 1 aliphatic heterocycles. The molecule has 2 aromatic rings. The molecule has 2 amide bonds. The Balaban J connectivity index is 1.84. The molecule has 1 aromatic carbocycles. The zero-order valence-electron chi connectivity index (χ0n) is 16.9. The van der Waals surface area contributed by atoms with E-state index in [0.29, 0.717) is 5.56 Å². The van der Waals surface area contributed by atoms with E-state index in [0.717, 1.165) is 0 Å². The number of halogens is 4. The standard InChI is InChI=1S/C21H22ClF3N4O2/c1-10(2)21(31)27-9-12-3-5-13(22)17(18(12)23)20-28-15(7-16(30)29-20)11-4-6-14(19(24)25)26-8-11/h3-6,8,10,15,19-20,28H,7,9H2,1-2H3,(H,27,31)(H,29,30). The molecule has 3 N–H and O–H groups in total. The average molecular weight is 455 g/mol. The molecule has 1 saturated heterocycles. The molecule has 166 valence electrons. The third kappa shape index (κ3) is 5.34. The highest BCUT2D eigenvalue weighted by Gasteiger charge is 2.32. The predicted octanol–water partition coefficient (Wildman–Crippen LogP) is 3.93. The molecular formula is C21H22ClF3N4O2. The summed E-state index contributed by atoms with van der Waals surface area (Å²) in [7, 11) is 0. The van der Waals surface area contributed by atoms with Crippen molar-refractivity contribution in [1.29, 1.82) is 0 Å². The summed E-state index contributed by atoms with van der Waals surface area (Å²) < 4.78 is 40.7. The highest BCUT2D eigenvalue weighted by atomic mass is 35.5. The average Bonchev–Trinajstić information content (AvgIpc) is 2.72. The third-order valence-electron chi connectivity index (χ3n) is 4.97. The fourth-order valence-electron chi connectivity index (χ4n) is 3.23. The smallest absolute Gasteiger partial charge is 0.280 e. The quantitative estimate of drug-likeness (QED) is 0.617. The van der Waals surface area contributed by atoms with Gasteiger partial charge in [-0.25, -0.2) is 13.2 Å². The number of aromatic nitrogens is 1. The topological polar surface area (TPSA) is 83.1 Å². The minimum atomic E-state index is -2.70. The third-order valence-corrected chi connectivity index (χ3v) is 5.30. The second-order valence-corrected chi connectivity index (χ2v) is 7.95. The molecule has 3 rings (SSSR count). The lowest BCUT2D eigenvalue weighted by Crippen LogP contribution is -2.47. The van der Waals surface area contributed by atoms with Crippen molar-refractivity contribution >= 4 is 23.4 Å². The summed E-state index contributed by atoms with van der Waals surface area (Å²) in [5.74, 6) is -1.48. The van der Waals surface area contributed by atoms with Crippen LogP contribution in [0.25, 0.3) is 0 Å². The van der Waals surface area contributed by atoms with E-state index in [1.54, 1.807) is 13.8 Å². The molecule has 1 aliphatic rings. The van der Waals surface area contributed by atoms with Crippen LogP contribution >= 0.6 is 11.6 Å². The minimum Gasteiger partial charge on any atom is -0.352 e. The maximum absolute atomic E-state index is 15.2. The van der Waals surface area contributed by atoms with E-state index in [4.69, 9.17) is 11.6 Å². The lowest BCUT2D eigenvalue weighted by atomic mass is 9.99. The van der Waals surface area contributed by atoms with Gasteiger partial charge in [-0.2, -0.15) is 0 Å². The van der Waals surface area contributed by atoms with Crippen LogP contribution in [0.1, 0.15) is 61.3 Å². The number of carbonyl (C=O) groups excluding carboxylic acids is 2. The second kappa shape index (κ2) is 9.65. The molecular weight excluding hydrogens is 433 g/mol. The molecule has 6 nitrogen and oxygen atoms in total.